The first-order valence-electron chi connectivity index (χ1n) is 14.8. The third-order valence-electron chi connectivity index (χ3n) is 7.34. The lowest BCUT2D eigenvalue weighted by atomic mass is 9.96. The number of carbonyl (C=O) groups excluding carboxylic acids is 1. The van der Waals surface area contributed by atoms with Gasteiger partial charge in [0.15, 0.2) is 12.4 Å². The number of ether oxygens (including phenoxy) is 2. The smallest absolute Gasteiger partial charge is 0.282 e. The molecular formula is C36H35BrN4O4. The molecule has 0 unspecified atom stereocenters. The highest BCUT2D eigenvalue weighted by molar-refractivity contribution is 9.10. The number of nitrogens with one attached hydrogen (secondary N) is 1. The summed E-state index contributed by atoms with van der Waals surface area (Å²) < 4.78 is 14.0. The summed E-state index contributed by atoms with van der Waals surface area (Å²) in [6.07, 6.45) is 1.55. The molecule has 9 heteroatoms. The minimum absolute atomic E-state index is 0.180. The third-order valence-corrected chi connectivity index (χ3v) is 7.83. The summed E-state index contributed by atoms with van der Waals surface area (Å²) in [6, 6.07) is 24.2. The van der Waals surface area contributed by atoms with Crippen molar-refractivity contribution in [3.63, 3.8) is 0 Å². The Bertz CT molecular complexity index is 1970. The lowest BCUT2D eigenvalue weighted by molar-refractivity contribution is -0.118. The SMILES string of the molecule is CCOc1cc(C)c(-c2nc3ccccc3c(=O)n2N=Cc2cc(Br)ccc2OCC(=O)Nc2ccccc2C)cc1C(C)C. The normalized spacial score (nSPS) is 11.4. The van der Waals surface area contributed by atoms with E-state index in [-0.39, 0.29) is 24.0 Å². The van der Waals surface area contributed by atoms with E-state index in [0.717, 1.165) is 38.2 Å². The number of carbonyl (C=O) groups is 1. The first kappa shape index (κ1) is 31.7. The second kappa shape index (κ2) is 13.9. The van der Waals surface area contributed by atoms with Crippen LogP contribution in [0.1, 0.15) is 48.9 Å². The van der Waals surface area contributed by atoms with Gasteiger partial charge in [0.1, 0.15) is 11.5 Å². The van der Waals surface area contributed by atoms with Gasteiger partial charge < -0.3 is 14.8 Å². The van der Waals surface area contributed by atoms with Gasteiger partial charge in [-0.15, -0.1) is 0 Å². The Morgan fingerprint density at radius 1 is 0.978 bits per heavy atom. The first-order chi connectivity index (χ1) is 21.7. The zero-order valence-corrected chi connectivity index (χ0v) is 27.5. The molecule has 0 saturated carbocycles. The van der Waals surface area contributed by atoms with Gasteiger partial charge in [0.25, 0.3) is 11.5 Å². The molecule has 0 atom stereocenters. The van der Waals surface area contributed by atoms with Crippen molar-refractivity contribution in [1.29, 1.82) is 0 Å². The van der Waals surface area contributed by atoms with Crippen LogP contribution in [-0.2, 0) is 4.79 Å². The molecule has 0 radical (unpaired) electrons. The van der Waals surface area contributed by atoms with E-state index >= 15 is 0 Å². The van der Waals surface area contributed by atoms with E-state index in [0.29, 0.717) is 34.6 Å². The second-order valence-corrected chi connectivity index (χ2v) is 11.9. The number of para-hydroxylation sites is 2. The number of amides is 1. The molecule has 0 aliphatic heterocycles. The Labute approximate surface area is 270 Å². The van der Waals surface area contributed by atoms with Gasteiger partial charge in [0.05, 0.1) is 23.7 Å². The summed E-state index contributed by atoms with van der Waals surface area (Å²) in [4.78, 5) is 31.5. The zero-order chi connectivity index (χ0) is 32.1. The fourth-order valence-electron chi connectivity index (χ4n) is 4.99. The van der Waals surface area contributed by atoms with Crippen LogP contribution in [0.3, 0.4) is 0 Å². The number of anilines is 1. The molecule has 0 aliphatic rings. The average molecular weight is 668 g/mol. The van der Waals surface area contributed by atoms with Crippen LogP contribution in [0.2, 0.25) is 0 Å². The number of hydrogen-bond acceptors (Lipinski definition) is 6. The average Bonchev–Trinajstić information content (AvgIpc) is 3.01. The van der Waals surface area contributed by atoms with Crippen LogP contribution in [-0.4, -0.2) is 35.0 Å². The summed E-state index contributed by atoms with van der Waals surface area (Å²) in [5.41, 5.74) is 5.23. The van der Waals surface area contributed by atoms with Crippen LogP contribution < -0.4 is 20.3 Å². The molecule has 8 nitrogen and oxygen atoms in total. The molecule has 1 amide bonds. The predicted octanol–water partition coefficient (Wildman–Crippen LogP) is 7.86. The minimum atomic E-state index is -0.304. The Morgan fingerprint density at radius 3 is 2.49 bits per heavy atom. The Morgan fingerprint density at radius 2 is 1.73 bits per heavy atom. The van der Waals surface area contributed by atoms with Crippen LogP contribution in [0.4, 0.5) is 5.69 Å². The highest BCUT2D eigenvalue weighted by atomic mass is 79.9. The molecule has 0 saturated heterocycles. The number of hydrogen-bond donors (Lipinski definition) is 1. The molecule has 5 aromatic rings. The van der Waals surface area contributed by atoms with E-state index in [1.165, 1.54) is 4.68 Å². The van der Waals surface area contributed by atoms with Crippen molar-refractivity contribution >= 4 is 44.6 Å². The highest BCUT2D eigenvalue weighted by Gasteiger charge is 2.19. The maximum atomic E-state index is 13.9. The van der Waals surface area contributed by atoms with Crippen molar-refractivity contribution in [3.8, 4) is 22.9 Å². The van der Waals surface area contributed by atoms with Gasteiger partial charge in [-0.1, -0.05) is 60.1 Å². The standard InChI is InChI=1S/C36H35BrN4O4/c1-6-44-33-17-24(5)29(19-28(33)22(2)3)35-40-31-14-10-8-12-27(31)36(43)41(35)38-20-25-18-26(37)15-16-32(25)45-21-34(42)39-30-13-9-7-11-23(30)4/h7-20,22H,6,21H2,1-5H3,(H,39,42). The van der Waals surface area contributed by atoms with Gasteiger partial charge >= 0.3 is 0 Å². The molecule has 0 fully saturated rings. The van der Waals surface area contributed by atoms with Gasteiger partial charge in [-0.3, -0.25) is 9.59 Å². The topological polar surface area (TPSA) is 94.8 Å². The Kier molecular flexibility index (Phi) is 9.78. The summed E-state index contributed by atoms with van der Waals surface area (Å²) in [7, 11) is 0. The van der Waals surface area contributed by atoms with Gasteiger partial charge in [-0.05, 0) is 91.9 Å². The number of fused-ring (bicyclic) bond motifs is 1. The minimum Gasteiger partial charge on any atom is -0.494 e. The summed E-state index contributed by atoms with van der Waals surface area (Å²) in [5, 5.41) is 8.00. The maximum Gasteiger partial charge on any atom is 0.282 e. The van der Waals surface area contributed by atoms with Gasteiger partial charge in [-0.2, -0.15) is 9.78 Å². The second-order valence-electron chi connectivity index (χ2n) is 10.9. The van der Waals surface area contributed by atoms with Gasteiger partial charge in [0, 0.05) is 21.3 Å². The monoisotopic (exact) mass is 666 g/mol. The molecule has 1 N–H and O–H groups in total. The maximum absolute atomic E-state index is 13.9. The summed E-state index contributed by atoms with van der Waals surface area (Å²) in [6.45, 7) is 10.4. The van der Waals surface area contributed by atoms with E-state index in [4.69, 9.17) is 14.5 Å². The quantitative estimate of drug-likeness (QED) is 0.153. The Hall–Kier alpha value is -4.76. The van der Waals surface area contributed by atoms with E-state index in [1.54, 1.807) is 24.4 Å². The number of halogens is 1. The van der Waals surface area contributed by atoms with Crippen LogP contribution in [0.5, 0.6) is 11.5 Å². The molecule has 1 aromatic heterocycles. The van der Waals surface area contributed by atoms with E-state index < -0.39 is 0 Å². The lowest BCUT2D eigenvalue weighted by Crippen LogP contribution is -2.21. The largest absolute Gasteiger partial charge is 0.494 e. The molecule has 45 heavy (non-hydrogen) atoms. The van der Waals surface area contributed by atoms with Crippen LogP contribution in [0.15, 0.2) is 93.2 Å². The summed E-state index contributed by atoms with van der Waals surface area (Å²) in [5.74, 6) is 1.55. The molecule has 0 aliphatic carbocycles. The van der Waals surface area contributed by atoms with E-state index in [1.807, 2.05) is 81.4 Å². The van der Waals surface area contributed by atoms with Crippen LogP contribution >= 0.6 is 15.9 Å². The van der Waals surface area contributed by atoms with Crippen molar-refractivity contribution < 1.29 is 14.3 Å². The molecule has 5 rings (SSSR count). The van der Waals surface area contributed by atoms with E-state index in [9.17, 15) is 9.59 Å². The van der Waals surface area contributed by atoms with Gasteiger partial charge in [-0.25, -0.2) is 4.98 Å². The number of aryl methyl sites for hydroxylation is 2. The number of nitrogens with zero attached hydrogens (tertiary/aromatic N) is 3. The zero-order valence-electron chi connectivity index (χ0n) is 25.9. The number of aromatic nitrogens is 2. The predicted molar refractivity (Wildman–Crippen MR) is 184 cm³/mol. The first-order valence-corrected chi connectivity index (χ1v) is 15.6. The lowest BCUT2D eigenvalue weighted by Gasteiger charge is -2.18. The van der Waals surface area contributed by atoms with Crippen molar-refractivity contribution in [3.05, 3.63) is 116 Å². The molecule has 1 heterocycles. The van der Waals surface area contributed by atoms with Gasteiger partial charge in [0.2, 0.25) is 0 Å². The fourth-order valence-corrected chi connectivity index (χ4v) is 5.37. The Balaban J connectivity index is 1.55. The van der Waals surface area contributed by atoms with E-state index in [2.05, 4.69) is 40.2 Å². The van der Waals surface area contributed by atoms with Crippen LogP contribution in [0.25, 0.3) is 22.3 Å². The molecule has 0 spiro atoms. The van der Waals surface area contributed by atoms with Crippen molar-refractivity contribution in [1.82, 2.24) is 9.66 Å². The third kappa shape index (κ3) is 7.15. The molecule has 230 valence electrons. The number of rotatable bonds is 10. The van der Waals surface area contributed by atoms with Crippen molar-refractivity contribution in [2.24, 2.45) is 5.10 Å². The van der Waals surface area contributed by atoms with Crippen molar-refractivity contribution in [2.75, 3.05) is 18.5 Å². The molecule has 4 aromatic carbocycles. The van der Waals surface area contributed by atoms with Crippen molar-refractivity contribution in [2.45, 2.75) is 40.5 Å². The number of benzene rings is 4. The fraction of sp³-hybridized carbons (Fsp3) is 0.222. The van der Waals surface area contributed by atoms with Crippen LogP contribution in [0, 0.1) is 13.8 Å². The molecule has 0 bridgehead atoms. The molecular weight excluding hydrogens is 632 g/mol. The highest BCUT2D eigenvalue weighted by Crippen LogP contribution is 2.34. The summed E-state index contributed by atoms with van der Waals surface area (Å²) >= 11 is 3.51.